The lowest BCUT2D eigenvalue weighted by atomic mass is 9.92. The number of carbonyl (C=O) groups is 2. The molecule has 0 aromatic rings. The van der Waals surface area contributed by atoms with E-state index in [9.17, 15) is 19.8 Å². The van der Waals surface area contributed by atoms with E-state index >= 15 is 0 Å². The van der Waals surface area contributed by atoms with E-state index in [4.69, 9.17) is 16.3 Å². The van der Waals surface area contributed by atoms with Gasteiger partial charge in [-0.2, -0.15) is 0 Å². The van der Waals surface area contributed by atoms with Crippen molar-refractivity contribution in [3.63, 3.8) is 0 Å². The van der Waals surface area contributed by atoms with Crippen LogP contribution in [-0.4, -0.2) is 81.3 Å². The van der Waals surface area contributed by atoms with Crippen molar-refractivity contribution in [3.05, 3.63) is 21.7 Å². The maximum Gasteiger partial charge on any atom is 0.410 e. The SMILES string of the molecule is CC(C)(C)OC(=O)N1CCC[C@H](O)[C@H]1C[C@@H](O)CN1C=NC2C=C(Br)C(Cl)=CC2C1=O. The second-order valence-corrected chi connectivity index (χ2v) is 10.4. The fraction of sp³-hybridized carbons (Fsp3) is 0.667. The molecule has 0 saturated carbocycles. The van der Waals surface area contributed by atoms with Gasteiger partial charge >= 0.3 is 6.09 Å². The van der Waals surface area contributed by atoms with Crippen LogP contribution >= 0.6 is 27.5 Å². The van der Waals surface area contributed by atoms with Crippen LogP contribution in [0.1, 0.15) is 40.0 Å². The average molecular weight is 519 g/mol. The molecule has 2 heterocycles. The molecule has 0 bridgehead atoms. The number of hydrogen-bond acceptors (Lipinski definition) is 6. The molecule has 5 atom stereocenters. The van der Waals surface area contributed by atoms with Gasteiger partial charge in [-0.05, 0) is 68.1 Å². The molecule has 0 spiro atoms. The molecule has 1 aliphatic carbocycles. The van der Waals surface area contributed by atoms with Gasteiger partial charge < -0.3 is 24.7 Å². The summed E-state index contributed by atoms with van der Waals surface area (Å²) in [6.07, 6.45) is 3.94. The van der Waals surface area contributed by atoms with Crippen LogP contribution in [-0.2, 0) is 9.53 Å². The smallest absolute Gasteiger partial charge is 0.410 e. The first-order chi connectivity index (χ1) is 14.5. The van der Waals surface area contributed by atoms with Crippen LogP contribution in [0.4, 0.5) is 4.79 Å². The molecule has 3 rings (SSSR count). The van der Waals surface area contributed by atoms with Crippen LogP contribution in [0.5, 0.6) is 0 Å². The summed E-state index contributed by atoms with van der Waals surface area (Å²) < 4.78 is 6.16. The number of β-amino-alcohol motifs (C(OH)–C–C–N with tert-alkyl or cyclic N) is 1. The van der Waals surface area contributed by atoms with E-state index < -0.39 is 35.9 Å². The summed E-state index contributed by atoms with van der Waals surface area (Å²) in [6.45, 7) is 5.80. The number of aliphatic hydroxyl groups excluding tert-OH is 2. The van der Waals surface area contributed by atoms with Crippen LogP contribution in [0.3, 0.4) is 0 Å². The lowest BCUT2D eigenvalue weighted by molar-refractivity contribution is -0.132. The number of halogens is 2. The Kier molecular flexibility index (Phi) is 7.50. The van der Waals surface area contributed by atoms with E-state index in [0.717, 1.165) is 0 Å². The predicted molar refractivity (Wildman–Crippen MR) is 121 cm³/mol. The molecule has 2 N–H and O–H groups in total. The minimum atomic E-state index is -0.958. The molecule has 10 heteroatoms. The molecule has 31 heavy (non-hydrogen) atoms. The lowest BCUT2D eigenvalue weighted by Gasteiger charge is -2.41. The fourth-order valence-electron chi connectivity index (χ4n) is 4.01. The van der Waals surface area contributed by atoms with Crippen molar-refractivity contribution in [2.24, 2.45) is 10.9 Å². The van der Waals surface area contributed by atoms with Crippen LogP contribution in [0.25, 0.3) is 0 Å². The van der Waals surface area contributed by atoms with E-state index in [0.29, 0.717) is 28.9 Å². The second-order valence-electron chi connectivity index (χ2n) is 9.14. The molecular formula is C21H29BrClN3O5. The summed E-state index contributed by atoms with van der Waals surface area (Å²) in [6, 6.07) is -0.924. The molecule has 2 amide bonds. The highest BCUT2D eigenvalue weighted by molar-refractivity contribution is 9.12. The number of hydrogen-bond donors (Lipinski definition) is 2. The van der Waals surface area contributed by atoms with Gasteiger partial charge in [-0.1, -0.05) is 11.6 Å². The highest BCUT2D eigenvalue weighted by atomic mass is 79.9. The average Bonchev–Trinajstić information content (AvgIpc) is 2.66. The first kappa shape index (κ1) is 24.2. The number of amides is 2. The number of rotatable bonds is 4. The largest absolute Gasteiger partial charge is 0.444 e. The summed E-state index contributed by atoms with van der Waals surface area (Å²) in [4.78, 5) is 32.7. The highest BCUT2D eigenvalue weighted by Crippen LogP contribution is 2.33. The van der Waals surface area contributed by atoms with Gasteiger partial charge in [-0.25, -0.2) is 4.79 Å². The quantitative estimate of drug-likeness (QED) is 0.596. The van der Waals surface area contributed by atoms with Gasteiger partial charge in [0.1, 0.15) is 5.60 Å². The summed E-state index contributed by atoms with van der Waals surface area (Å²) >= 11 is 9.48. The van der Waals surface area contributed by atoms with Gasteiger partial charge in [-0.15, -0.1) is 0 Å². The van der Waals surface area contributed by atoms with Crippen molar-refractivity contribution >= 4 is 45.9 Å². The van der Waals surface area contributed by atoms with Crippen molar-refractivity contribution in [2.45, 2.75) is 69.9 Å². The number of carbonyl (C=O) groups excluding carboxylic acids is 2. The Morgan fingerprint density at radius 1 is 1.42 bits per heavy atom. The molecule has 0 radical (unpaired) electrons. The monoisotopic (exact) mass is 517 g/mol. The number of aliphatic imine (C=N–C) groups is 1. The standard InChI is InChI=1S/C21H29BrClN3O5/c1-21(2,3)31-20(30)26-6-4-5-18(28)17(26)7-12(27)10-25-11-24-16-9-14(22)15(23)8-13(16)19(25)29/h8-9,11-13,16-18,27-28H,4-7,10H2,1-3H3/t12-,13?,16?,17-,18+/m1/s1. The summed E-state index contributed by atoms with van der Waals surface area (Å²) in [5.74, 6) is -0.730. The van der Waals surface area contributed by atoms with Gasteiger partial charge in [0.25, 0.3) is 0 Å². The van der Waals surface area contributed by atoms with Crippen molar-refractivity contribution < 1.29 is 24.5 Å². The van der Waals surface area contributed by atoms with Gasteiger partial charge in [0.05, 0.1) is 48.1 Å². The normalized spacial score (nSPS) is 29.8. The lowest BCUT2D eigenvalue weighted by Crippen LogP contribution is -2.54. The number of ether oxygens (including phenoxy) is 1. The van der Waals surface area contributed by atoms with Gasteiger partial charge in [0, 0.05) is 11.0 Å². The van der Waals surface area contributed by atoms with E-state index in [1.807, 2.05) is 0 Å². The number of nitrogens with zero attached hydrogens (tertiary/aromatic N) is 3. The molecule has 0 aromatic heterocycles. The predicted octanol–water partition coefficient (Wildman–Crippen LogP) is 2.77. The Balaban J connectivity index is 1.66. The Morgan fingerprint density at radius 2 is 2.13 bits per heavy atom. The number of allylic oxidation sites excluding steroid dienone is 2. The zero-order valence-corrected chi connectivity index (χ0v) is 20.2. The van der Waals surface area contributed by atoms with E-state index in [2.05, 4.69) is 20.9 Å². The maximum absolute atomic E-state index is 12.9. The molecule has 1 fully saturated rings. The Labute approximate surface area is 195 Å². The van der Waals surface area contributed by atoms with E-state index in [1.165, 1.54) is 16.1 Å². The minimum Gasteiger partial charge on any atom is -0.444 e. The first-order valence-corrected chi connectivity index (χ1v) is 11.6. The van der Waals surface area contributed by atoms with Crippen molar-refractivity contribution in [2.75, 3.05) is 13.1 Å². The third-order valence-corrected chi connectivity index (χ3v) is 6.73. The van der Waals surface area contributed by atoms with Crippen molar-refractivity contribution in [1.29, 1.82) is 0 Å². The summed E-state index contributed by atoms with van der Waals surface area (Å²) in [5, 5.41) is 21.7. The number of likely N-dealkylation sites (tertiary alicyclic amines) is 1. The zero-order chi connectivity index (χ0) is 22.9. The molecule has 2 aliphatic heterocycles. The van der Waals surface area contributed by atoms with Crippen molar-refractivity contribution in [3.8, 4) is 0 Å². The summed E-state index contributed by atoms with van der Waals surface area (Å²) in [7, 11) is 0. The van der Waals surface area contributed by atoms with E-state index in [1.54, 1.807) is 32.9 Å². The topological polar surface area (TPSA) is 103 Å². The van der Waals surface area contributed by atoms with Gasteiger partial charge in [-0.3, -0.25) is 9.79 Å². The van der Waals surface area contributed by atoms with Crippen LogP contribution in [0.15, 0.2) is 26.7 Å². The van der Waals surface area contributed by atoms with Gasteiger partial charge in [0.2, 0.25) is 5.91 Å². The van der Waals surface area contributed by atoms with Gasteiger partial charge in [0.15, 0.2) is 0 Å². The van der Waals surface area contributed by atoms with Crippen molar-refractivity contribution in [1.82, 2.24) is 9.80 Å². The van der Waals surface area contributed by atoms with Crippen LogP contribution in [0, 0.1) is 5.92 Å². The molecular weight excluding hydrogens is 490 g/mol. The van der Waals surface area contributed by atoms with Crippen LogP contribution in [0.2, 0.25) is 0 Å². The molecule has 3 aliphatic rings. The first-order valence-electron chi connectivity index (χ1n) is 10.4. The molecule has 1 saturated heterocycles. The maximum atomic E-state index is 12.9. The molecule has 0 aromatic carbocycles. The second kappa shape index (κ2) is 9.60. The zero-order valence-electron chi connectivity index (χ0n) is 17.9. The number of aliphatic hydroxyl groups is 2. The fourth-order valence-corrected chi connectivity index (χ4v) is 4.62. The third-order valence-electron chi connectivity index (χ3n) is 5.48. The molecule has 8 nitrogen and oxygen atoms in total. The molecule has 2 unspecified atom stereocenters. The third kappa shape index (κ3) is 5.88. The Bertz CT molecular complexity index is 809. The van der Waals surface area contributed by atoms with E-state index in [-0.39, 0.29) is 24.9 Å². The summed E-state index contributed by atoms with van der Waals surface area (Å²) in [5.41, 5.74) is -0.659. The number of piperidine rings is 1. The molecule has 172 valence electrons. The highest BCUT2D eigenvalue weighted by Gasteiger charge is 2.39. The number of fused-ring (bicyclic) bond motifs is 1. The Morgan fingerprint density at radius 3 is 2.81 bits per heavy atom. The van der Waals surface area contributed by atoms with Crippen LogP contribution < -0.4 is 0 Å². The minimum absolute atomic E-state index is 0.00722. The Hall–Kier alpha value is -1.42.